The summed E-state index contributed by atoms with van der Waals surface area (Å²) in [6, 6.07) is 14.6. The van der Waals surface area contributed by atoms with Crippen molar-refractivity contribution in [2.75, 3.05) is 5.73 Å². The van der Waals surface area contributed by atoms with E-state index in [9.17, 15) is 0 Å². The Bertz CT molecular complexity index is 812. The molecule has 2 N–H and O–H groups in total. The Balaban J connectivity index is 1.86. The summed E-state index contributed by atoms with van der Waals surface area (Å²) in [4.78, 5) is 4.84. The lowest BCUT2D eigenvalue weighted by molar-refractivity contribution is 0.744. The Kier molecular flexibility index (Phi) is 2.74. The molecule has 1 aliphatic carbocycles. The predicted molar refractivity (Wildman–Crippen MR) is 86.4 cm³/mol. The second-order valence-electron chi connectivity index (χ2n) is 6.01. The van der Waals surface area contributed by atoms with Crippen LogP contribution >= 0.6 is 0 Å². The van der Waals surface area contributed by atoms with Gasteiger partial charge in [0.15, 0.2) is 0 Å². The van der Waals surface area contributed by atoms with E-state index in [0.717, 1.165) is 17.7 Å². The largest absolute Gasteiger partial charge is 0.399 e. The van der Waals surface area contributed by atoms with Gasteiger partial charge >= 0.3 is 0 Å². The van der Waals surface area contributed by atoms with E-state index in [4.69, 9.17) is 10.7 Å². The molecular formula is C18H19N3. The van der Waals surface area contributed by atoms with Gasteiger partial charge in [-0.05, 0) is 49.1 Å². The van der Waals surface area contributed by atoms with E-state index in [1.807, 2.05) is 12.1 Å². The first kappa shape index (κ1) is 12.5. The topological polar surface area (TPSA) is 43.8 Å². The van der Waals surface area contributed by atoms with Crippen LogP contribution in [0.5, 0.6) is 0 Å². The number of nitrogens with two attached hydrogens (primary N) is 1. The molecule has 0 spiro atoms. The van der Waals surface area contributed by atoms with E-state index >= 15 is 0 Å². The Hall–Kier alpha value is -2.29. The lowest BCUT2D eigenvalue weighted by atomic mass is 10.1. The van der Waals surface area contributed by atoms with E-state index in [-0.39, 0.29) is 0 Å². The third-order valence-electron chi connectivity index (χ3n) is 4.33. The Morgan fingerprint density at radius 1 is 1.19 bits per heavy atom. The molecule has 0 unspecified atom stereocenters. The first-order chi connectivity index (χ1) is 10.2. The molecule has 4 rings (SSSR count). The van der Waals surface area contributed by atoms with E-state index in [0.29, 0.717) is 5.92 Å². The van der Waals surface area contributed by atoms with Gasteiger partial charge in [0.05, 0.1) is 11.0 Å². The second kappa shape index (κ2) is 4.62. The van der Waals surface area contributed by atoms with Crippen molar-refractivity contribution < 1.29 is 0 Å². The molecule has 0 amide bonds. The SMILES string of the molecule is Cc1ccccc1Cn1c(C2CC2)nc2cc(N)ccc21. The fourth-order valence-corrected chi connectivity index (χ4v) is 2.94. The summed E-state index contributed by atoms with van der Waals surface area (Å²) >= 11 is 0. The van der Waals surface area contributed by atoms with Crippen molar-refractivity contribution in [3.8, 4) is 0 Å². The van der Waals surface area contributed by atoms with Crippen LogP contribution in [0.15, 0.2) is 42.5 Å². The van der Waals surface area contributed by atoms with E-state index in [1.54, 1.807) is 0 Å². The number of benzene rings is 2. The lowest BCUT2D eigenvalue weighted by Crippen LogP contribution is -2.05. The van der Waals surface area contributed by atoms with Crippen molar-refractivity contribution in [2.24, 2.45) is 0 Å². The van der Waals surface area contributed by atoms with Crippen LogP contribution in [0.1, 0.15) is 35.7 Å². The van der Waals surface area contributed by atoms with Crippen LogP contribution in [0.4, 0.5) is 5.69 Å². The summed E-state index contributed by atoms with van der Waals surface area (Å²) in [5.74, 6) is 1.85. The van der Waals surface area contributed by atoms with Crippen LogP contribution in [-0.4, -0.2) is 9.55 Å². The van der Waals surface area contributed by atoms with Crippen LogP contribution in [0.25, 0.3) is 11.0 Å². The highest BCUT2D eigenvalue weighted by Crippen LogP contribution is 2.41. The molecule has 0 aliphatic heterocycles. The zero-order valence-corrected chi connectivity index (χ0v) is 12.2. The van der Waals surface area contributed by atoms with Crippen molar-refractivity contribution in [3.05, 3.63) is 59.4 Å². The standard InChI is InChI=1S/C18H19N3/c1-12-4-2-3-5-14(12)11-21-17-9-8-15(19)10-16(17)20-18(21)13-6-7-13/h2-5,8-10,13H,6-7,11,19H2,1H3. The van der Waals surface area contributed by atoms with Crippen LogP contribution < -0.4 is 5.73 Å². The van der Waals surface area contributed by atoms with Crippen molar-refractivity contribution in [1.82, 2.24) is 9.55 Å². The van der Waals surface area contributed by atoms with Gasteiger partial charge in [-0.3, -0.25) is 0 Å². The fourth-order valence-electron chi connectivity index (χ4n) is 2.94. The molecule has 1 aliphatic rings. The van der Waals surface area contributed by atoms with Crippen molar-refractivity contribution in [1.29, 1.82) is 0 Å². The van der Waals surface area contributed by atoms with Gasteiger partial charge in [-0.2, -0.15) is 0 Å². The number of aryl methyl sites for hydroxylation is 1. The van der Waals surface area contributed by atoms with E-state index in [1.165, 1.54) is 35.3 Å². The van der Waals surface area contributed by atoms with Gasteiger partial charge < -0.3 is 10.3 Å². The third kappa shape index (κ3) is 2.19. The number of aromatic nitrogens is 2. The second-order valence-corrected chi connectivity index (χ2v) is 6.01. The minimum atomic E-state index is 0.627. The van der Waals surface area contributed by atoms with Gasteiger partial charge in [0.25, 0.3) is 0 Å². The number of fused-ring (bicyclic) bond motifs is 1. The van der Waals surface area contributed by atoms with Gasteiger partial charge in [0, 0.05) is 18.2 Å². The minimum Gasteiger partial charge on any atom is -0.399 e. The van der Waals surface area contributed by atoms with Crippen LogP contribution in [0.2, 0.25) is 0 Å². The average molecular weight is 277 g/mol. The fraction of sp³-hybridized carbons (Fsp3) is 0.278. The zero-order chi connectivity index (χ0) is 14.4. The summed E-state index contributed by atoms with van der Waals surface area (Å²) in [6.45, 7) is 3.06. The highest BCUT2D eigenvalue weighted by molar-refractivity contribution is 5.80. The molecule has 0 atom stereocenters. The van der Waals surface area contributed by atoms with Gasteiger partial charge in [0.2, 0.25) is 0 Å². The third-order valence-corrected chi connectivity index (χ3v) is 4.33. The molecule has 3 heteroatoms. The van der Waals surface area contributed by atoms with Gasteiger partial charge in [0.1, 0.15) is 5.82 Å². The number of hydrogen-bond donors (Lipinski definition) is 1. The normalized spacial score (nSPS) is 14.7. The number of nitrogen functional groups attached to an aromatic ring is 1. The molecule has 1 aromatic heterocycles. The van der Waals surface area contributed by atoms with E-state index < -0.39 is 0 Å². The van der Waals surface area contributed by atoms with Gasteiger partial charge in [-0.15, -0.1) is 0 Å². The number of anilines is 1. The molecule has 106 valence electrons. The van der Waals surface area contributed by atoms with Crippen LogP contribution in [-0.2, 0) is 6.54 Å². The predicted octanol–water partition coefficient (Wildman–Crippen LogP) is 3.85. The highest BCUT2D eigenvalue weighted by Gasteiger charge is 2.29. The summed E-state index contributed by atoms with van der Waals surface area (Å²) in [7, 11) is 0. The van der Waals surface area contributed by atoms with Crippen LogP contribution in [0.3, 0.4) is 0 Å². The quantitative estimate of drug-likeness (QED) is 0.739. The Morgan fingerprint density at radius 3 is 2.76 bits per heavy atom. The summed E-state index contributed by atoms with van der Waals surface area (Å²) in [5.41, 5.74) is 11.6. The molecule has 3 nitrogen and oxygen atoms in total. The molecule has 1 fully saturated rings. The first-order valence-corrected chi connectivity index (χ1v) is 7.52. The zero-order valence-electron chi connectivity index (χ0n) is 12.2. The molecule has 1 saturated carbocycles. The van der Waals surface area contributed by atoms with Gasteiger partial charge in [-0.25, -0.2) is 4.98 Å². The minimum absolute atomic E-state index is 0.627. The average Bonchev–Trinajstić information content (AvgIpc) is 3.25. The first-order valence-electron chi connectivity index (χ1n) is 7.52. The Morgan fingerprint density at radius 2 is 2.00 bits per heavy atom. The van der Waals surface area contributed by atoms with Crippen LogP contribution in [0, 0.1) is 6.92 Å². The maximum absolute atomic E-state index is 5.90. The number of imidazole rings is 1. The maximum Gasteiger partial charge on any atom is 0.113 e. The van der Waals surface area contributed by atoms with Gasteiger partial charge in [-0.1, -0.05) is 24.3 Å². The lowest BCUT2D eigenvalue weighted by Gasteiger charge is -2.11. The summed E-state index contributed by atoms with van der Waals surface area (Å²) in [5, 5.41) is 0. The number of rotatable bonds is 3. The number of nitrogens with zero attached hydrogens (tertiary/aromatic N) is 2. The molecule has 2 aromatic carbocycles. The van der Waals surface area contributed by atoms with Crippen molar-refractivity contribution in [2.45, 2.75) is 32.2 Å². The summed E-state index contributed by atoms with van der Waals surface area (Å²) < 4.78 is 2.37. The maximum atomic E-state index is 5.90. The molecule has 0 radical (unpaired) electrons. The van der Waals surface area contributed by atoms with Crippen molar-refractivity contribution >= 4 is 16.7 Å². The molecule has 0 bridgehead atoms. The van der Waals surface area contributed by atoms with E-state index in [2.05, 4.69) is 41.8 Å². The number of hydrogen-bond acceptors (Lipinski definition) is 2. The highest BCUT2D eigenvalue weighted by atomic mass is 15.1. The molecular weight excluding hydrogens is 258 g/mol. The molecule has 0 saturated heterocycles. The monoisotopic (exact) mass is 277 g/mol. The summed E-state index contributed by atoms with van der Waals surface area (Å²) in [6.07, 6.45) is 2.51. The smallest absolute Gasteiger partial charge is 0.113 e. The Labute approximate surface area is 124 Å². The van der Waals surface area contributed by atoms with Crippen molar-refractivity contribution in [3.63, 3.8) is 0 Å². The molecule has 21 heavy (non-hydrogen) atoms. The molecule has 3 aromatic rings. The molecule has 1 heterocycles.